The van der Waals surface area contributed by atoms with E-state index in [-0.39, 0.29) is 24.7 Å². The SMILES string of the molecule is O=C(NCCCC[C@H](NC(=O)[C@H](Cc1ccccc1)NC(=O)c1ccc2ccccc2c1)C(=O)CCl)OCc1ccccc1. The van der Waals surface area contributed by atoms with Gasteiger partial charge in [0.25, 0.3) is 5.91 Å². The Kier molecular flexibility index (Phi) is 12.3. The van der Waals surface area contributed by atoms with Crippen LogP contribution in [-0.4, -0.2) is 48.2 Å². The third kappa shape index (κ3) is 9.95. The van der Waals surface area contributed by atoms with E-state index in [1.54, 1.807) is 12.1 Å². The number of unbranched alkanes of at least 4 members (excludes halogenated alkanes) is 1. The Balaban J connectivity index is 1.33. The molecule has 0 aliphatic heterocycles. The molecule has 0 aromatic heterocycles. The molecule has 228 valence electrons. The summed E-state index contributed by atoms with van der Waals surface area (Å²) < 4.78 is 5.21. The third-order valence-corrected chi connectivity index (χ3v) is 7.42. The van der Waals surface area contributed by atoms with Crippen molar-refractivity contribution >= 4 is 46.1 Å². The molecule has 0 aliphatic rings. The third-order valence-electron chi connectivity index (χ3n) is 7.15. The lowest BCUT2D eigenvalue weighted by Crippen LogP contribution is -2.52. The number of halogens is 1. The van der Waals surface area contributed by atoms with Crippen LogP contribution in [0.3, 0.4) is 0 Å². The molecule has 4 aromatic carbocycles. The van der Waals surface area contributed by atoms with Crippen molar-refractivity contribution in [3.05, 3.63) is 120 Å². The molecule has 0 radical (unpaired) electrons. The van der Waals surface area contributed by atoms with Crippen molar-refractivity contribution in [3.8, 4) is 0 Å². The van der Waals surface area contributed by atoms with Crippen molar-refractivity contribution in [3.63, 3.8) is 0 Å². The van der Waals surface area contributed by atoms with Crippen LogP contribution in [-0.2, 0) is 27.4 Å². The average Bonchev–Trinajstić information content (AvgIpc) is 3.06. The Morgan fingerprint density at radius 3 is 2.07 bits per heavy atom. The number of alkyl carbamates (subject to hydrolysis) is 1. The molecule has 8 nitrogen and oxygen atoms in total. The molecule has 0 aliphatic carbocycles. The van der Waals surface area contributed by atoms with Gasteiger partial charge in [-0.15, -0.1) is 11.6 Å². The van der Waals surface area contributed by atoms with Gasteiger partial charge >= 0.3 is 6.09 Å². The lowest BCUT2D eigenvalue weighted by atomic mass is 10.0. The van der Waals surface area contributed by atoms with Crippen molar-refractivity contribution < 1.29 is 23.9 Å². The number of ether oxygens (including phenoxy) is 1. The highest BCUT2D eigenvalue weighted by molar-refractivity contribution is 6.28. The number of amides is 3. The molecule has 9 heteroatoms. The van der Waals surface area contributed by atoms with Gasteiger partial charge in [0, 0.05) is 18.5 Å². The fourth-order valence-corrected chi connectivity index (χ4v) is 4.93. The summed E-state index contributed by atoms with van der Waals surface area (Å²) in [7, 11) is 0. The molecule has 4 aromatic rings. The summed E-state index contributed by atoms with van der Waals surface area (Å²) in [5, 5.41) is 10.3. The van der Waals surface area contributed by atoms with Crippen molar-refractivity contribution in [2.75, 3.05) is 12.4 Å². The molecule has 0 saturated heterocycles. The van der Waals surface area contributed by atoms with Crippen molar-refractivity contribution in [1.82, 2.24) is 16.0 Å². The highest BCUT2D eigenvalue weighted by atomic mass is 35.5. The Labute approximate surface area is 262 Å². The lowest BCUT2D eigenvalue weighted by Gasteiger charge is -2.23. The van der Waals surface area contributed by atoms with E-state index in [4.69, 9.17) is 16.3 Å². The van der Waals surface area contributed by atoms with E-state index < -0.39 is 30.0 Å². The predicted octanol–water partition coefficient (Wildman–Crippen LogP) is 5.57. The second kappa shape index (κ2) is 16.8. The summed E-state index contributed by atoms with van der Waals surface area (Å²) in [5.74, 6) is -1.46. The van der Waals surface area contributed by atoms with Gasteiger partial charge in [0.2, 0.25) is 5.91 Å². The number of alkyl halides is 1. The number of fused-ring (bicyclic) bond motifs is 1. The number of hydrogen-bond donors (Lipinski definition) is 3. The standard InChI is InChI=1S/C35H36ClN3O5/c36-23-32(40)30(17-9-10-20-37-35(43)44-24-26-13-5-2-6-14-26)38-34(42)31(21-25-11-3-1-4-12-25)39-33(41)29-19-18-27-15-7-8-16-28(27)22-29/h1-8,11-16,18-19,22,30-31H,9-10,17,20-21,23-24H2,(H,37,43)(H,38,42)(H,39,41)/t30-,31-/m0/s1. The predicted molar refractivity (Wildman–Crippen MR) is 171 cm³/mol. The van der Waals surface area contributed by atoms with Gasteiger partial charge in [0.05, 0.1) is 11.9 Å². The minimum Gasteiger partial charge on any atom is -0.445 e. The molecule has 3 amide bonds. The second-order valence-corrected chi connectivity index (χ2v) is 10.7. The summed E-state index contributed by atoms with van der Waals surface area (Å²) in [6.45, 7) is 0.522. The van der Waals surface area contributed by atoms with Gasteiger partial charge in [-0.1, -0.05) is 91.0 Å². The van der Waals surface area contributed by atoms with Gasteiger partial charge in [-0.2, -0.15) is 0 Å². The van der Waals surface area contributed by atoms with Crippen LogP contribution in [0.25, 0.3) is 10.8 Å². The molecular weight excluding hydrogens is 578 g/mol. The molecule has 0 spiro atoms. The fraction of sp³-hybridized carbons (Fsp3) is 0.257. The number of ketones is 1. The summed E-state index contributed by atoms with van der Waals surface area (Å²) in [6.07, 6.45) is 1.15. The molecule has 0 fully saturated rings. The summed E-state index contributed by atoms with van der Waals surface area (Å²) in [5.41, 5.74) is 2.18. The first-order chi connectivity index (χ1) is 21.4. The quantitative estimate of drug-likeness (QED) is 0.120. The zero-order chi connectivity index (χ0) is 31.1. The van der Waals surface area contributed by atoms with Crippen LogP contribution in [0.5, 0.6) is 0 Å². The number of carbonyl (C=O) groups excluding carboxylic acids is 4. The molecule has 0 unspecified atom stereocenters. The number of Topliss-reactive ketones (excluding diaryl/α,β-unsaturated/α-hetero) is 1. The first-order valence-corrected chi connectivity index (χ1v) is 15.1. The normalized spacial score (nSPS) is 12.1. The van der Waals surface area contributed by atoms with Gasteiger partial charge < -0.3 is 20.7 Å². The maximum atomic E-state index is 13.5. The lowest BCUT2D eigenvalue weighted by molar-refractivity contribution is -0.128. The summed E-state index contributed by atoms with van der Waals surface area (Å²) in [6, 6.07) is 30.1. The number of rotatable bonds is 15. The first kappa shape index (κ1) is 32.2. The highest BCUT2D eigenvalue weighted by Crippen LogP contribution is 2.16. The van der Waals surface area contributed by atoms with Crippen LogP contribution in [0.4, 0.5) is 4.79 Å². The first-order valence-electron chi connectivity index (χ1n) is 14.6. The van der Waals surface area contributed by atoms with E-state index in [2.05, 4.69) is 16.0 Å². The maximum Gasteiger partial charge on any atom is 0.407 e. The van der Waals surface area contributed by atoms with Crippen LogP contribution in [0.15, 0.2) is 103 Å². The molecule has 44 heavy (non-hydrogen) atoms. The van der Waals surface area contributed by atoms with Crippen molar-refractivity contribution in [2.24, 2.45) is 0 Å². The fourth-order valence-electron chi connectivity index (χ4n) is 4.75. The average molecular weight is 614 g/mol. The summed E-state index contributed by atoms with van der Waals surface area (Å²) in [4.78, 5) is 51.5. The zero-order valence-corrected chi connectivity index (χ0v) is 25.1. The maximum absolute atomic E-state index is 13.5. The van der Waals surface area contributed by atoms with Crippen LogP contribution in [0.2, 0.25) is 0 Å². The molecule has 0 heterocycles. The van der Waals surface area contributed by atoms with Gasteiger partial charge in [0.1, 0.15) is 12.6 Å². The van der Waals surface area contributed by atoms with E-state index >= 15 is 0 Å². The smallest absolute Gasteiger partial charge is 0.407 e. The van der Waals surface area contributed by atoms with Crippen molar-refractivity contribution in [2.45, 2.75) is 44.4 Å². The monoisotopic (exact) mass is 613 g/mol. The molecule has 0 saturated carbocycles. The van der Waals surface area contributed by atoms with Gasteiger partial charge in [0.15, 0.2) is 5.78 Å². The second-order valence-electron chi connectivity index (χ2n) is 10.4. The minimum absolute atomic E-state index is 0.173. The van der Waals surface area contributed by atoms with Gasteiger partial charge in [-0.25, -0.2) is 4.79 Å². The topological polar surface area (TPSA) is 114 Å². The van der Waals surface area contributed by atoms with E-state index in [1.165, 1.54) is 0 Å². The largest absolute Gasteiger partial charge is 0.445 e. The van der Waals surface area contributed by atoms with Crippen LogP contribution >= 0.6 is 11.6 Å². The number of carbonyl (C=O) groups is 4. The number of nitrogens with one attached hydrogen (secondary N) is 3. The van der Waals surface area contributed by atoms with Crippen LogP contribution < -0.4 is 16.0 Å². The molecule has 0 bridgehead atoms. The van der Waals surface area contributed by atoms with E-state index in [1.807, 2.05) is 91.0 Å². The Bertz CT molecular complexity index is 1550. The van der Waals surface area contributed by atoms with E-state index in [0.29, 0.717) is 31.4 Å². The van der Waals surface area contributed by atoms with E-state index in [9.17, 15) is 19.2 Å². The zero-order valence-electron chi connectivity index (χ0n) is 24.3. The number of benzene rings is 4. The van der Waals surface area contributed by atoms with E-state index in [0.717, 1.165) is 21.9 Å². The van der Waals surface area contributed by atoms with Crippen molar-refractivity contribution in [1.29, 1.82) is 0 Å². The molecular formula is C35H36ClN3O5. The molecule has 3 N–H and O–H groups in total. The number of hydrogen-bond acceptors (Lipinski definition) is 5. The minimum atomic E-state index is -0.928. The molecule has 2 atom stereocenters. The summed E-state index contributed by atoms with van der Waals surface area (Å²) >= 11 is 5.87. The highest BCUT2D eigenvalue weighted by Gasteiger charge is 2.27. The molecule has 4 rings (SSSR count). The van der Waals surface area contributed by atoms with Crippen LogP contribution in [0.1, 0.15) is 40.7 Å². The Morgan fingerprint density at radius 2 is 1.36 bits per heavy atom. The Hall–Kier alpha value is -4.69. The van der Waals surface area contributed by atoms with Gasteiger partial charge in [-0.05, 0) is 53.3 Å². The van der Waals surface area contributed by atoms with Crippen LogP contribution in [0, 0.1) is 0 Å². The van der Waals surface area contributed by atoms with Gasteiger partial charge in [-0.3, -0.25) is 14.4 Å². The Morgan fingerprint density at radius 1 is 0.705 bits per heavy atom.